The van der Waals surface area contributed by atoms with Crippen molar-refractivity contribution in [2.75, 3.05) is 27.2 Å². The highest BCUT2D eigenvalue weighted by atomic mass is 32.1. The molecule has 1 aromatic heterocycles. The van der Waals surface area contributed by atoms with Crippen LogP contribution in [0, 0.1) is 0 Å². The zero-order chi connectivity index (χ0) is 16.9. The molecule has 24 heavy (non-hydrogen) atoms. The fraction of sp³-hybridized carbons (Fsp3) is 0.421. The van der Waals surface area contributed by atoms with Gasteiger partial charge in [-0.25, -0.2) is 0 Å². The molecule has 1 atom stereocenters. The summed E-state index contributed by atoms with van der Waals surface area (Å²) in [5, 5.41) is 9.67. The Balaban J connectivity index is 1.74. The van der Waals surface area contributed by atoms with Gasteiger partial charge >= 0.3 is 0 Å². The van der Waals surface area contributed by atoms with E-state index in [1.165, 1.54) is 40.8 Å². The molecule has 1 aromatic carbocycles. The van der Waals surface area contributed by atoms with Gasteiger partial charge in [0.1, 0.15) is 0 Å². The Labute approximate surface area is 154 Å². The second kappa shape index (κ2) is 8.10. The molecule has 3 rings (SSSR count). The van der Waals surface area contributed by atoms with E-state index >= 15 is 0 Å². The number of nitrogens with one attached hydrogen (secondary N) is 2. The van der Waals surface area contributed by atoms with Gasteiger partial charge in [0.25, 0.3) is 0 Å². The largest absolute Gasteiger partial charge is 0.361 e. The van der Waals surface area contributed by atoms with E-state index in [0.717, 1.165) is 18.2 Å². The van der Waals surface area contributed by atoms with Crippen molar-refractivity contribution in [2.45, 2.75) is 25.3 Å². The van der Waals surface area contributed by atoms with Crippen molar-refractivity contribution in [3.05, 3.63) is 57.3 Å². The van der Waals surface area contributed by atoms with Crippen molar-refractivity contribution in [3.63, 3.8) is 0 Å². The van der Waals surface area contributed by atoms with Gasteiger partial charge in [0.2, 0.25) is 0 Å². The molecule has 1 aliphatic rings. The molecule has 0 bridgehead atoms. The normalized spacial score (nSPS) is 14.5. The lowest BCUT2D eigenvalue weighted by Gasteiger charge is -2.22. The van der Waals surface area contributed by atoms with Gasteiger partial charge in [-0.05, 0) is 73.7 Å². The van der Waals surface area contributed by atoms with Crippen LogP contribution in [0.5, 0.6) is 0 Å². The zero-order valence-electron chi connectivity index (χ0n) is 14.3. The highest BCUT2D eigenvalue weighted by Crippen LogP contribution is 2.30. The fourth-order valence-corrected chi connectivity index (χ4v) is 4.14. The molecule has 1 aliphatic carbocycles. The number of thiophene rings is 1. The molecular weight excluding hydrogens is 334 g/mol. The van der Waals surface area contributed by atoms with Gasteiger partial charge in [0.15, 0.2) is 5.11 Å². The lowest BCUT2D eigenvalue weighted by Crippen LogP contribution is -2.40. The summed E-state index contributed by atoms with van der Waals surface area (Å²) in [6, 6.07) is 11.3. The number of hydrogen-bond donors (Lipinski definition) is 2. The molecule has 0 aliphatic heterocycles. The molecule has 0 unspecified atom stereocenters. The highest BCUT2D eigenvalue weighted by molar-refractivity contribution is 7.80. The first kappa shape index (κ1) is 17.4. The maximum Gasteiger partial charge on any atom is 0.167 e. The smallest absolute Gasteiger partial charge is 0.167 e. The first-order valence-electron chi connectivity index (χ1n) is 8.47. The summed E-state index contributed by atoms with van der Waals surface area (Å²) in [4.78, 5) is 3.44. The topological polar surface area (TPSA) is 27.3 Å². The summed E-state index contributed by atoms with van der Waals surface area (Å²) in [5.74, 6) is 0. The third-order valence-electron chi connectivity index (χ3n) is 4.40. The molecule has 0 spiro atoms. The lowest BCUT2D eigenvalue weighted by molar-refractivity contribution is 0.412. The third-order valence-corrected chi connectivity index (χ3v) is 5.60. The predicted molar refractivity (Wildman–Crippen MR) is 107 cm³/mol. The van der Waals surface area contributed by atoms with Crippen LogP contribution >= 0.6 is 23.6 Å². The van der Waals surface area contributed by atoms with E-state index in [-0.39, 0.29) is 6.04 Å². The maximum absolute atomic E-state index is 5.52. The average Bonchev–Trinajstić information content (AvgIpc) is 3.23. The molecule has 0 amide bonds. The molecule has 3 nitrogen and oxygen atoms in total. The molecular formula is C19H25N3S2. The SMILES string of the molecule is CN(C)CCNC(=S)N[C@@H](c1ccc2c(c1)CCC2)c1cccs1. The molecule has 2 N–H and O–H groups in total. The number of nitrogens with zero attached hydrogens (tertiary/aromatic N) is 1. The second-order valence-corrected chi connectivity index (χ2v) is 7.92. The second-order valence-electron chi connectivity index (χ2n) is 6.53. The van der Waals surface area contributed by atoms with Crippen molar-refractivity contribution >= 4 is 28.7 Å². The summed E-state index contributed by atoms with van der Waals surface area (Å²) in [6.07, 6.45) is 3.70. The number of fused-ring (bicyclic) bond motifs is 1. The van der Waals surface area contributed by atoms with Gasteiger partial charge in [0.05, 0.1) is 6.04 Å². The van der Waals surface area contributed by atoms with Crippen LogP contribution < -0.4 is 10.6 Å². The van der Waals surface area contributed by atoms with Crippen LogP contribution in [-0.2, 0) is 12.8 Å². The summed E-state index contributed by atoms with van der Waals surface area (Å²) in [6.45, 7) is 1.81. The minimum Gasteiger partial charge on any atom is -0.361 e. The van der Waals surface area contributed by atoms with Crippen LogP contribution in [0.2, 0.25) is 0 Å². The summed E-state index contributed by atoms with van der Waals surface area (Å²) in [5.41, 5.74) is 4.31. The number of likely N-dealkylation sites (N-methyl/N-ethyl adjacent to an activating group) is 1. The Hall–Kier alpha value is -1.43. The highest BCUT2D eigenvalue weighted by Gasteiger charge is 2.19. The summed E-state index contributed by atoms with van der Waals surface area (Å²) >= 11 is 7.29. The van der Waals surface area contributed by atoms with E-state index in [2.05, 4.69) is 65.3 Å². The molecule has 1 heterocycles. The molecule has 0 fully saturated rings. The molecule has 0 saturated heterocycles. The van der Waals surface area contributed by atoms with E-state index in [1.54, 1.807) is 11.3 Å². The molecule has 5 heteroatoms. The van der Waals surface area contributed by atoms with E-state index in [9.17, 15) is 0 Å². The number of hydrogen-bond acceptors (Lipinski definition) is 3. The van der Waals surface area contributed by atoms with Crippen LogP contribution in [0.25, 0.3) is 0 Å². The predicted octanol–water partition coefficient (Wildman–Crippen LogP) is 3.35. The van der Waals surface area contributed by atoms with Gasteiger partial charge in [-0.1, -0.05) is 24.3 Å². The van der Waals surface area contributed by atoms with Gasteiger partial charge in [-0.15, -0.1) is 11.3 Å². The van der Waals surface area contributed by atoms with Crippen LogP contribution in [0.4, 0.5) is 0 Å². The van der Waals surface area contributed by atoms with E-state index in [4.69, 9.17) is 12.2 Å². The van der Waals surface area contributed by atoms with Crippen molar-refractivity contribution in [1.29, 1.82) is 0 Å². The Kier molecular flexibility index (Phi) is 5.87. The Morgan fingerprint density at radius 1 is 1.25 bits per heavy atom. The number of rotatable bonds is 6. The molecule has 128 valence electrons. The van der Waals surface area contributed by atoms with Crippen molar-refractivity contribution in [2.24, 2.45) is 0 Å². The van der Waals surface area contributed by atoms with E-state index < -0.39 is 0 Å². The fourth-order valence-electron chi connectivity index (χ4n) is 3.12. The number of aryl methyl sites for hydroxylation is 2. The Bertz CT molecular complexity index is 680. The van der Waals surface area contributed by atoms with Crippen molar-refractivity contribution in [1.82, 2.24) is 15.5 Å². The number of benzene rings is 1. The maximum atomic E-state index is 5.52. The zero-order valence-corrected chi connectivity index (χ0v) is 16.0. The quantitative estimate of drug-likeness (QED) is 0.774. The monoisotopic (exact) mass is 359 g/mol. The number of thiocarbonyl (C=S) groups is 1. The summed E-state index contributed by atoms with van der Waals surface area (Å²) in [7, 11) is 4.13. The van der Waals surface area contributed by atoms with E-state index in [0.29, 0.717) is 0 Å². The first-order chi connectivity index (χ1) is 11.6. The van der Waals surface area contributed by atoms with Gasteiger partial charge < -0.3 is 15.5 Å². The minimum atomic E-state index is 0.121. The van der Waals surface area contributed by atoms with Gasteiger partial charge in [-0.3, -0.25) is 0 Å². The van der Waals surface area contributed by atoms with Crippen LogP contribution in [-0.4, -0.2) is 37.2 Å². The minimum absolute atomic E-state index is 0.121. The van der Waals surface area contributed by atoms with Crippen LogP contribution in [0.1, 0.15) is 34.0 Å². The van der Waals surface area contributed by atoms with E-state index in [1.807, 2.05) is 0 Å². The summed E-state index contributed by atoms with van der Waals surface area (Å²) < 4.78 is 0. The van der Waals surface area contributed by atoms with Crippen molar-refractivity contribution < 1.29 is 0 Å². The van der Waals surface area contributed by atoms with Crippen LogP contribution in [0.15, 0.2) is 35.7 Å². The third kappa shape index (κ3) is 4.35. The van der Waals surface area contributed by atoms with Crippen molar-refractivity contribution in [3.8, 4) is 0 Å². The molecule has 0 saturated carbocycles. The standard InChI is InChI=1S/C19H25N3S2/c1-22(2)11-10-20-19(23)21-18(17-7-4-12-24-17)16-9-8-14-5-3-6-15(14)13-16/h4,7-9,12-13,18H,3,5-6,10-11H2,1-2H3,(H2,20,21,23)/t18-/m0/s1. The molecule has 0 radical (unpaired) electrons. The lowest BCUT2D eigenvalue weighted by atomic mass is 10.00. The van der Waals surface area contributed by atoms with Crippen LogP contribution in [0.3, 0.4) is 0 Å². The first-order valence-corrected chi connectivity index (χ1v) is 9.76. The Morgan fingerprint density at radius 3 is 2.83 bits per heavy atom. The van der Waals surface area contributed by atoms with Gasteiger partial charge in [0, 0.05) is 18.0 Å². The van der Waals surface area contributed by atoms with Gasteiger partial charge in [-0.2, -0.15) is 0 Å². The Morgan fingerprint density at radius 2 is 2.08 bits per heavy atom. The molecule has 2 aromatic rings. The average molecular weight is 360 g/mol.